The molecule has 5 nitrogen and oxygen atoms in total. The number of hydrogen-bond acceptors (Lipinski definition) is 4. The second-order valence-electron chi connectivity index (χ2n) is 5.99. The largest absolute Gasteiger partial charge is 0.508 e. The monoisotopic (exact) mass is 441 g/mol. The Morgan fingerprint density at radius 3 is 2.43 bits per heavy atom. The zero-order valence-electron chi connectivity index (χ0n) is 15.3. The lowest BCUT2D eigenvalue weighted by Gasteiger charge is -2.15. The van der Waals surface area contributed by atoms with Crippen molar-refractivity contribution in [2.24, 2.45) is 0 Å². The van der Waals surface area contributed by atoms with E-state index < -0.39 is 0 Å². The van der Waals surface area contributed by atoms with Gasteiger partial charge in [-0.2, -0.15) is 0 Å². The van der Waals surface area contributed by atoms with Crippen molar-refractivity contribution < 1.29 is 19.4 Å². The second-order valence-corrected chi connectivity index (χ2v) is 6.85. The van der Waals surface area contributed by atoms with E-state index in [9.17, 15) is 9.90 Å². The summed E-state index contributed by atoms with van der Waals surface area (Å²) in [5, 5.41) is 12.2. The zero-order chi connectivity index (χ0) is 19.9. The number of carbonyl (C=O) groups excluding carboxylic acids is 1. The molecule has 2 N–H and O–H groups in total. The van der Waals surface area contributed by atoms with Gasteiger partial charge in [-0.25, -0.2) is 0 Å². The molecule has 0 radical (unpaired) electrons. The number of halogens is 1. The highest BCUT2D eigenvalue weighted by molar-refractivity contribution is 9.10. The van der Waals surface area contributed by atoms with Crippen molar-refractivity contribution in [2.75, 3.05) is 11.9 Å². The van der Waals surface area contributed by atoms with E-state index in [-0.39, 0.29) is 11.7 Å². The minimum atomic E-state index is -0.293. The standard InChI is InChI=1S/C22H20BrNO4/c1-2-27-21-19(23)12-16(22(26)24-17-8-10-18(25)11-9-17)13-20(21)28-14-15-6-4-3-5-7-15/h3-13,25H,2,14H2,1H3,(H,24,26). The second kappa shape index (κ2) is 9.28. The summed E-state index contributed by atoms with van der Waals surface area (Å²) >= 11 is 3.47. The number of phenolic OH excluding ortho intramolecular Hbond substituents is 1. The third-order valence-corrected chi connectivity index (χ3v) is 4.51. The molecule has 3 aromatic rings. The molecular formula is C22H20BrNO4. The van der Waals surface area contributed by atoms with Crippen molar-refractivity contribution in [3.05, 3.63) is 82.3 Å². The van der Waals surface area contributed by atoms with Crippen LogP contribution >= 0.6 is 15.9 Å². The highest BCUT2D eigenvalue weighted by atomic mass is 79.9. The van der Waals surface area contributed by atoms with Gasteiger partial charge in [-0.1, -0.05) is 30.3 Å². The molecule has 3 aromatic carbocycles. The number of hydrogen-bond donors (Lipinski definition) is 2. The van der Waals surface area contributed by atoms with Crippen LogP contribution in [-0.2, 0) is 6.61 Å². The fourth-order valence-electron chi connectivity index (χ4n) is 2.57. The molecule has 0 atom stereocenters. The van der Waals surface area contributed by atoms with Crippen LogP contribution in [0, 0.1) is 0 Å². The first-order valence-electron chi connectivity index (χ1n) is 8.80. The van der Waals surface area contributed by atoms with Gasteiger partial charge >= 0.3 is 0 Å². The minimum Gasteiger partial charge on any atom is -0.508 e. The molecule has 1 amide bonds. The fourth-order valence-corrected chi connectivity index (χ4v) is 3.13. The van der Waals surface area contributed by atoms with Crippen LogP contribution in [0.5, 0.6) is 17.2 Å². The number of nitrogens with one attached hydrogen (secondary N) is 1. The molecule has 0 saturated carbocycles. The number of amides is 1. The van der Waals surface area contributed by atoms with E-state index in [1.165, 1.54) is 12.1 Å². The van der Waals surface area contributed by atoms with E-state index in [1.54, 1.807) is 24.3 Å². The topological polar surface area (TPSA) is 67.8 Å². The van der Waals surface area contributed by atoms with Gasteiger partial charge in [-0.3, -0.25) is 4.79 Å². The molecule has 0 bridgehead atoms. The Kier molecular flexibility index (Phi) is 6.55. The van der Waals surface area contributed by atoms with Crippen LogP contribution in [0.4, 0.5) is 5.69 Å². The molecule has 0 heterocycles. The van der Waals surface area contributed by atoms with E-state index >= 15 is 0 Å². The van der Waals surface area contributed by atoms with E-state index in [2.05, 4.69) is 21.2 Å². The van der Waals surface area contributed by atoms with Gasteiger partial charge in [0.15, 0.2) is 11.5 Å². The SMILES string of the molecule is CCOc1c(Br)cc(C(=O)Nc2ccc(O)cc2)cc1OCc1ccccc1. The van der Waals surface area contributed by atoms with Crippen molar-refractivity contribution in [3.63, 3.8) is 0 Å². The first-order chi connectivity index (χ1) is 13.6. The Labute approximate surface area is 172 Å². The lowest BCUT2D eigenvalue weighted by Crippen LogP contribution is -2.12. The fraction of sp³-hybridized carbons (Fsp3) is 0.136. The molecule has 0 aliphatic carbocycles. The molecule has 3 rings (SSSR count). The van der Waals surface area contributed by atoms with Gasteiger partial charge in [0.1, 0.15) is 12.4 Å². The lowest BCUT2D eigenvalue weighted by molar-refractivity contribution is 0.102. The van der Waals surface area contributed by atoms with Gasteiger partial charge in [0.25, 0.3) is 5.91 Å². The summed E-state index contributed by atoms with van der Waals surface area (Å²) in [4.78, 5) is 12.7. The number of anilines is 1. The number of phenols is 1. The summed E-state index contributed by atoms with van der Waals surface area (Å²) in [6.45, 7) is 2.72. The average molecular weight is 442 g/mol. The zero-order valence-corrected chi connectivity index (χ0v) is 16.9. The van der Waals surface area contributed by atoms with E-state index in [4.69, 9.17) is 9.47 Å². The third kappa shape index (κ3) is 5.04. The molecule has 144 valence electrons. The maximum atomic E-state index is 12.7. The van der Waals surface area contributed by atoms with E-state index in [0.29, 0.717) is 40.4 Å². The molecule has 0 aliphatic rings. The Balaban J connectivity index is 1.83. The summed E-state index contributed by atoms with van der Waals surface area (Å²) in [5.74, 6) is 0.882. The van der Waals surface area contributed by atoms with Crippen molar-refractivity contribution >= 4 is 27.5 Å². The summed E-state index contributed by atoms with van der Waals surface area (Å²) in [5.41, 5.74) is 2.02. The molecule has 0 spiro atoms. The quantitative estimate of drug-likeness (QED) is 0.482. The number of carbonyl (C=O) groups is 1. The first kappa shape index (κ1) is 19.8. The van der Waals surface area contributed by atoms with Crippen molar-refractivity contribution in [3.8, 4) is 17.2 Å². The maximum absolute atomic E-state index is 12.7. The third-order valence-electron chi connectivity index (χ3n) is 3.92. The lowest BCUT2D eigenvalue weighted by atomic mass is 10.1. The molecule has 6 heteroatoms. The van der Waals surface area contributed by atoms with Crippen molar-refractivity contribution in [1.82, 2.24) is 0 Å². The Hall–Kier alpha value is -2.99. The number of aromatic hydroxyl groups is 1. The van der Waals surface area contributed by atoms with Gasteiger partial charge in [0, 0.05) is 11.3 Å². The van der Waals surface area contributed by atoms with E-state index in [0.717, 1.165) is 5.56 Å². The molecular weight excluding hydrogens is 422 g/mol. The Morgan fingerprint density at radius 1 is 1.04 bits per heavy atom. The molecule has 0 fully saturated rings. The Bertz CT molecular complexity index is 943. The summed E-state index contributed by atoms with van der Waals surface area (Å²) in [6, 6.07) is 19.4. The Morgan fingerprint density at radius 2 is 1.75 bits per heavy atom. The van der Waals surface area contributed by atoms with Gasteiger partial charge < -0.3 is 19.9 Å². The molecule has 0 unspecified atom stereocenters. The van der Waals surface area contributed by atoms with Crippen LogP contribution in [0.15, 0.2) is 71.2 Å². The number of benzene rings is 3. The predicted octanol–water partition coefficient (Wildman–Crippen LogP) is 5.38. The molecule has 0 aromatic heterocycles. The smallest absolute Gasteiger partial charge is 0.255 e. The van der Waals surface area contributed by atoms with E-state index in [1.807, 2.05) is 37.3 Å². The highest BCUT2D eigenvalue weighted by Crippen LogP contribution is 2.37. The van der Waals surface area contributed by atoms with Crippen LogP contribution in [-0.4, -0.2) is 17.6 Å². The van der Waals surface area contributed by atoms with Crippen LogP contribution in [0.2, 0.25) is 0 Å². The molecule has 0 saturated heterocycles. The van der Waals surface area contributed by atoms with Crippen LogP contribution < -0.4 is 14.8 Å². The van der Waals surface area contributed by atoms with Crippen LogP contribution in [0.25, 0.3) is 0 Å². The molecule has 0 aliphatic heterocycles. The minimum absolute atomic E-state index is 0.137. The van der Waals surface area contributed by atoms with Crippen LogP contribution in [0.1, 0.15) is 22.8 Å². The van der Waals surface area contributed by atoms with Gasteiger partial charge in [0.05, 0.1) is 11.1 Å². The van der Waals surface area contributed by atoms with Gasteiger partial charge in [-0.05, 0) is 64.8 Å². The van der Waals surface area contributed by atoms with Gasteiger partial charge in [-0.15, -0.1) is 0 Å². The molecule has 28 heavy (non-hydrogen) atoms. The maximum Gasteiger partial charge on any atom is 0.255 e. The summed E-state index contributed by atoms with van der Waals surface area (Å²) < 4.78 is 12.3. The normalized spacial score (nSPS) is 10.4. The number of rotatable bonds is 7. The highest BCUT2D eigenvalue weighted by Gasteiger charge is 2.16. The predicted molar refractivity (Wildman–Crippen MR) is 112 cm³/mol. The average Bonchev–Trinajstić information content (AvgIpc) is 2.70. The number of ether oxygens (including phenoxy) is 2. The van der Waals surface area contributed by atoms with Crippen LogP contribution in [0.3, 0.4) is 0 Å². The van der Waals surface area contributed by atoms with Crippen molar-refractivity contribution in [1.29, 1.82) is 0 Å². The first-order valence-corrected chi connectivity index (χ1v) is 9.59. The van der Waals surface area contributed by atoms with Gasteiger partial charge in [0.2, 0.25) is 0 Å². The summed E-state index contributed by atoms with van der Waals surface area (Å²) in [6.07, 6.45) is 0. The van der Waals surface area contributed by atoms with Crippen molar-refractivity contribution in [2.45, 2.75) is 13.5 Å². The summed E-state index contributed by atoms with van der Waals surface area (Å²) in [7, 11) is 0.